The summed E-state index contributed by atoms with van der Waals surface area (Å²) in [4.78, 5) is 45.2. The summed E-state index contributed by atoms with van der Waals surface area (Å²) in [7, 11) is 3.81. The zero-order valence-electron chi connectivity index (χ0n) is 27.7. The van der Waals surface area contributed by atoms with E-state index in [1.165, 1.54) is 25.7 Å². The molecule has 5 rings (SSSR count). The molecule has 2 aliphatic carbocycles. The first-order valence-corrected chi connectivity index (χ1v) is 17.2. The van der Waals surface area contributed by atoms with E-state index in [0.717, 1.165) is 55.3 Å². The SMILES string of the molecule is CN(C(=O)CCCOc1cccc2c1N(NC(=O)N(C)C1CCCCC1)CN(CC(=O)NCc1ccccc1)C2)C1CCCCC1. The largest absolute Gasteiger partial charge is 0.491 e. The molecule has 1 aliphatic heterocycles. The fourth-order valence-corrected chi connectivity index (χ4v) is 7.01. The van der Waals surface area contributed by atoms with Gasteiger partial charge in [0.1, 0.15) is 11.4 Å². The van der Waals surface area contributed by atoms with E-state index in [2.05, 4.69) is 10.7 Å². The van der Waals surface area contributed by atoms with Gasteiger partial charge in [0.05, 0.1) is 19.8 Å². The molecular formula is C36H52N6O4. The molecule has 250 valence electrons. The lowest BCUT2D eigenvalue weighted by Gasteiger charge is -2.40. The molecule has 1 heterocycles. The van der Waals surface area contributed by atoms with E-state index in [4.69, 9.17) is 4.74 Å². The van der Waals surface area contributed by atoms with Gasteiger partial charge >= 0.3 is 6.03 Å². The van der Waals surface area contributed by atoms with Gasteiger partial charge in [-0.3, -0.25) is 19.5 Å². The van der Waals surface area contributed by atoms with Gasteiger partial charge in [-0.2, -0.15) is 0 Å². The predicted molar refractivity (Wildman–Crippen MR) is 180 cm³/mol. The Morgan fingerprint density at radius 3 is 2.22 bits per heavy atom. The average molecular weight is 633 g/mol. The quantitative estimate of drug-likeness (QED) is 0.304. The molecule has 0 spiro atoms. The molecule has 0 unspecified atom stereocenters. The van der Waals surface area contributed by atoms with Crippen molar-refractivity contribution >= 4 is 23.5 Å². The Hall–Kier alpha value is -3.79. The zero-order chi connectivity index (χ0) is 32.3. The first kappa shape index (κ1) is 33.6. The van der Waals surface area contributed by atoms with Gasteiger partial charge in [-0.25, -0.2) is 10.2 Å². The number of anilines is 1. The van der Waals surface area contributed by atoms with Crippen LogP contribution in [0.1, 0.15) is 88.2 Å². The lowest BCUT2D eigenvalue weighted by atomic mass is 9.94. The number of carbonyl (C=O) groups is 3. The second-order valence-corrected chi connectivity index (χ2v) is 13.2. The van der Waals surface area contributed by atoms with Gasteiger partial charge in [-0.1, -0.05) is 81.0 Å². The Labute approximate surface area is 274 Å². The number of ether oxygens (including phenoxy) is 1. The number of nitrogens with zero attached hydrogens (tertiary/aromatic N) is 4. The van der Waals surface area contributed by atoms with Crippen molar-refractivity contribution in [3.05, 3.63) is 59.7 Å². The highest BCUT2D eigenvalue weighted by Gasteiger charge is 2.31. The normalized spacial score (nSPS) is 17.6. The molecule has 2 aromatic rings. The van der Waals surface area contributed by atoms with Gasteiger partial charge in [0, 0.05) is 45.7 Å². The number of benzene rings is 2. The van der Waals surface area contributed by atoms with Crippen LogP contribution in [0.4, 0.5) is 10.5 Å². The highest BCUT2D eigenvalue weighted by molar-refractivity contribution is 5.80. The monoisotopic (exact) mass is 632 g/mol. The molecule has 0 aromatic heterocycles. The van der Waals surface area contributed by atoms with E-state index >= 15 is 0 Å². The molecule has 0 saturated heterocycles. The summed E-state index contributed by atoms with van der Waals surface area (Å²) in [6.45, 7) is 1.93. The van der Waals surface area contributed by atoms with Crippen LogP contribution < -0.4 is 20.5 Å². The van der Waals surface area contributed by atoms with Crippen LogP contribution in [-0.4, -0.2) is 78.5 Å². The summed E-state index contributed by atoms with van der Waals surface area (Å²) in [6.07, 6.45) is 12.4. The van der Waals surface area contributed by atoms with E-state index in [9.17, 15) is 14.4 Å². The van der Waals surface area contributed by atoms with Crippen molar-refractivity contribution in [1.82, 2.24) is 25.4 Å². The Balaban J connectivity index is 1.23. The summed E-state index contributed by atoms with van der Waals surface area (Å²) < 4.78 is 6.30. The van der Waals surface area contributed by atoms with Crippen molar-refractivity contribution in [1.29, 1.82) is 0 Å². The Kier molecular flexibility index (Phi) is 12.2. The molecule has 10 heteroatoms. The van der Waals surface area contributed by atoms with E-state index in [-0.39, 0.29) is 30.4 Å². The lowest BCUT2D eigenvalue weighted by Crippen LogP contribution is -2.57. The van der Waals surface area contributed by atoms with Gasteiger partial charge < -0.3 is 19.9 Å². The van der Waals surface area contributed by atoms with Gasteiger partial charge in [0.15, 0.2) is 0 Å². The maximum atomic E-state index is 13.5. The number of amides is 4. The smallest absolute Gasteiger partial charge is 0.336 e. The second-order valence-electron chi connectivity index (χ2n) is 13.2. The van der Waals surface area contributed by atoms with E-state index in [1.54, 1.807) is 0 Å². The minimum absolute atomic E-state index is 0.0758. The second kappa shape index (κ2) is 16.7. The number of nitrogens with one attached hydrogen (secondary N) is 2. The number of carbonyl (C=O) groups excluding carboxylic acids is 3. The molecule has 0 radical (unpaired) electrons. The fraction of sp³-hybridized carbons (Fsp3) is 0.583. The van der Waals surface area contributed by atoms with Crippen LogP contribution in [0.3, 0.4) is 0 Å². The highest BCUT2D eigenvalue weighted by Crippen LogP contribution is 2.36. The van der Waals surface area contributed by atoms with Crippen molar-refractivity contribution < 1.29 is 19.1 Å². The summed E-state index contributed by atoms with van der Waals surface area (Å²) in [6, 6.07) is 16.1. The number of fused-ring (bicyclic) bond motifs is 1. The number of hydrazine groups is 1. The Morgan fingerprint density at radius 2 is 1.52 bits per heavy atom. The average Bonchev–Trinajstić information content (AvgIpc) is 3.09. The summed E-state index contributed by atoms with van der Waals surface area (Å²) >= 11 is 0. The Bertz CT molecular complexity index is 1290. The van der Waals surface area contributed by atoms with Crippen LogP contribution in [0, 0.1) is 0 Å². The molecule has 2 aromatic carbocycles. The number of para-hydroxylation sites is 1. The van der Waals surface area contributed by atoms with Crippen molar-refractivity contribution in [2.45, 2.75) is 102 Å². The third-order valence-corrected chi connectivity index (χ3v) is 9.77. The molecule has 10 nitrogen and oxygen atoms in total. The lowest BCUT2D eigenvalue weighted by molar-refractivity contribution is -0.132. The van der Waals surface area contributed by atoms with Crippen LogP contribution in [0.5, 0.6) is 5.75 Å². The fourth-order valence-electron chi connectivity index (χ4n) is 7.01. The van der Waals surface area contributed by atoms with Crippen LogP contribution in [0.2, 0.25) is 0 Å². The molecule has 46 heavy (non-hydrogen) atoms. The van der Waals surface area contributed by atoms with Crippen molar-refractivity contribution in [2.75, 3.05) is 38.9 Å². The highest BCUT2D eigenvalue weighted by atomic mass is 16.5. The van der Waals surface area contributed by atoms with E-state index in [1.807, 2.05) is 82.3 Å². The van der Waals surface area contributed by atoms with Crippen molar-refractivity contribution in [3.8, 4) is 5.75 Å². The summed E-state index contributed by atoms with van der Waals surface area (Å²) in [5.41, 5.74) is 5.96. The van der Waals surface area contributed by atoms with Crippen molar-refractivity contribution in [2.24, 2.45) is 0 Å². The molecule has 3 aliphatic rings. The van der Waals surface area contributed by atoms with E-state index in [0.29, 0.717) is 51.0 Å². The predicted octanol–water partition coefficient (Wildman–Crippen LogP) is 5.42. The molecule has 2 saturated carbocycles. The third kappa shape index (κ3) is 9.15. The minimum Gasteiger partial charge on any atom is -0.491 e. The molecule has 4 amide bonds. The number of urea groups is 1. The maximum Gasteiger partial charge on any atom is 0.336 e. The summed E-state index contributed by atoms with van der Waals surface area (Å²) in [5, 5.41) is 4.84. The van der Waals surface area contributed by atoms with Crippen LogP contribution in [-0.2, 0) is 22.7 Å². The number of hydrogen-bond donors (Lipinski definition) is 2. The van der Waals surface area contributed by atoms with Crippen molar-refractivity contribution in [3.63, 3.8) is 0 Å². The molecule has 2 fully saturated rings. The van der Waals surface area contributed by atoms with Crippen LogP contribution in [0.15, 0.2) is 48.5 Å². The number of rotatable bonds is 12. The first-order chi connectivity index (χ1) is 22.4. The molecule has 2 N–H and O–H groups in total. The maximum absolute atomic E-state index is 13.5. The first-order valence-electron chi connectivity index (χ1n) is 17.2. The van der Waals surface area contributed by atoms with E-state index < -0.39 is 0 Å². The summed E-state index contributed by atoms with van der Waals surface area (Å²) in [5.74, 6) is 0.763. The molecule has 0 atom stereocenters. The standard InChI is InChI=1S/C36H52N6O4/c1-39(30-17-8-4-9-18-30)34(44)22-13-23-46-32-21-12-16-29-25-41(26-33(43)37-24-28-14-6-3-7-15-28)27-42(35(29)32)38-36(45)40(2)31-19-10-5-11-20-31/h3,6-7,12,14-16,21,30-31H,4-5,8-11,13,17-20,22-27H2,1-2H3,(H,37,43)(H,38,45). The molecular weight excluding hydrogens is 580 g/mol. The molecule has 0 bridgehead atoms. The van der Waals surface area contributed by atoms with Crippen LogP contribution >= 0.6 is 0 Å². The van der Waals surface area contributed by atoms with Gasteiger partial charge in [-0.15, -0.1) is 0 Å². The van der Waals surface area contributed by atoms with Gasteiger partial charge in [0.2, 0.25) is 11.8 Å². The van der Waals surface area contributed by atoms with Crippen LogP contribution in [0.25, 0.3) is 0 Å². The third-order valence-electron chi connectivity index (χ3n) is 9.77. The Morgan fingerprint density at radius 1 is 0.848 bits per heavy atom. The zero-order valence-corrected chi connectivity index (χ0v) is 27.7. The number of hydrogen-bond acceptors (Lipinski definition) is 6. The van der Waals surface area contributed by atoms with Gasteiger partial charge in [0.25, 0.3) is 0 Å². The topological polar surface area (TPSA) is 97.5 Å². The van der Waals surface area contributed by atoms with Gasteiger partial charge in [-0.05, 0) is 49.3 Å². The minimum atomic E-state index is -0.167.